The minimum atomic E-state index is -0.970. The Labute approximate surface area is 202 Å². The van der Waals surface area contributed by atoms with Crippen LogP contribution in [0.5, 0.6) is 0 Å². The zero-order valence-electron chi connectivity index (χ0n) is 19.4. The first-order valence-electron chi connectivity index (χ1n) is 11.6. The molecular weight excluding hydrogens is 451 g/mol. The summed E-state index contributed by atoms with van der Waals surface area (Å²) in [6.45, 7) is 3.60. The molecule has 4 heterocycles. The maximum atomic E-state index is 15.0. The molecular formula is C26H28FN4O2S+. The molecule has 0 radical (unpaired) electrons. The van der Waals surface area contributed by atoms with Crippen molar-refractivity contribution in [3.8, 4) is 11.3 Å². The van der Waals surface area contributed by atoms with Crippen molar-refractivity contribution in [2.45, 2.75) is 38.7 Å². The smallest absolute Gasteiger partial charge is 0.202 e. The van der Waals surface area contributed by atoms with Crippen LogP contribution in [0.1, 0.15) is 47.2 Å². The maximum absolute atomic E-state index is 15.0. The highest BCUT2D eigenvalue weighted by atomic mass is 32.1. The molecule has 1 aliphatic rings. The fraction of sp³-hybridized carbons (Fsp3) is 0.385. The highest BCUT2D eigenvalue weighted by Crippen LogP contribution is 2.36. The van der Waals surface area contributed by atoms with E-state index in [2.05, 4.69) is 21.0 Å². The summed E-state index contributed by atoms with van der Waals surface area (Å²) in [6.07, 6.45) is 8.32. The predicted octanol–water partition coefficient (Wildman–Crippen LogP) is 4.47. The van der Waals surface area contributed by atoms with Gasteiger partial charge in [0.25, 0.3) is 0 Å². The lowest BCUT2D eigenvalue weighted by Crippen LogP contribution is -2.33. The van der Waals surface area contributed by atoms with E-state index in [0.29, 0.717) is 28.4 Å². The highest BCUT2D eigenvalue weighted by Gasteiger charge is 2.23. The average molecular weight is 480 g/mol. The molecule has 3 aromatic heterocycles. The molecule has 176 valence electrons. The van der Waals surface area contributed by atoms with Gasteiger partial charge in [0.2, 0.25) is 5.69 Å². The molecule has 1 unspecified atom stereocenters. The molecule has 6 nitrogen and oxygen atoms in total. The zero-order valence-corrected chi connectivity index (χ0v) is 20.2. The molecule has 0 saturated carbocycles. The van der Waals surface area contributed by atoms with Gasteiger partial charge in [-0.25, -0.2) is 23.9 Å². The van der Waals surface area contributed by atoms with Crippen LogP contribution in [0.15, 0.2) is 43.0 Å². The molecule has 1 atom stereocenters. The standard InChI is InChI=1S/C26H28FN4O2S/c1-16-23(28-9-10-31(16)2)25(32)18-4-6-21(27)20(13-18)24-26-22(29-15-30-24)14-19(34-26)5-3-17-7-11-33-12-8-17/h4,6,9-10,13-15,17,25,32H,3,5,7-8,11-12H2,1-2H3/q+1. The van der Waals surface area contributed by atoms with Crippen LogP contribution in [0.2, 0.25) is 0 Å². The van der Waals surface area contributed by atoms with Gasteiger partial charge >= 0.3 is 0 Å². The van der Waals surface area contributed by atoms with Gasteiger partial charge < -0.3 is 9.84 Å². The van der Waals surface area contributed by atoms with Crippen molar-refractivity contribution in [1.82, 2.24) is 15.0 Å². The summed E-state index contributed by atoms with van der Waals surface area (Å²) in [5, 5.41) is 11.0. The van der Waals surface area contributed by atoms with E-state index in [1.165, 1.54) is 17.3 Å². The van der Waals surface area contributed by atoms with Crippen molar-refractivity contribution in [3.05, 3.63) is 70.6 Å². The van der Waals surface area contributed by atoms with Crippen LogP contribution in [0.4, 0.5) is 4.39 Å². The van der Waals surface area contributed by atoms with Gasteiger partial charge in [-0.3, -0.25) is 0 Å². The van der Waals surface area contributed by atoms with Crippen molar-refractivity contribution in [3.63, 3.8) is 0 Å². The molecule has 34 heavy (non-hydrogen) atoms. The first-order chi connectivity index (χ1) is 16.5. The van der Waals surface area contributed by atoms with Crippen molar-refractivity contribution < 1.29 is 18.8 Å². The number of hydrogen-bond acceptors (Lipinski definition) is 6. The number of rotatable bonds is 6. The number of ether oxygens (including phenoxy) is 1. The Morgan fingerprint density at radius 2 is 2.03 bits per heavy atom. The molecule has 0 aliphatic carbocycles. The van der Waals surface area contributed by atoms with Gasteiger partial charge in [0.05, 0.1) is 22.1 Å². The number of thiophene rings is 1. The summed E-state index contributed by atoms with van der Waals surface area (Å²) in [7, 11) is 1.90. The molecule has 5 rings (SSSR count). The van der Waals surface area contributed by atoms with E-state index in [1.54, 1.807) is 29.7 Å². The molecule has 1 aromatic carbocycles. The number of fused-ring (bicyclic) bond motifs is 1. The monoisotopic (exact) mass is 479 g/mol. The Bertz CT molecular complexity index is 1320. The van der Waals surface area contributed by atoms with Crippen molar-refractivity contribution >= 4 is 21.6 Å². The number of nitrogens with zero attached hydrogens (tertiary/aromatic N) is 4. The first-order valence-corrected chi connectivity index (χ1v) is 12.4. The van der Waals surface area contributed by atoms with E-state index in [4.69, 9.17) is 4.74 Å². The number of aromatic nitrogens is 4. The quantitative estimate of drug-likeness (QED) is 0.413. The summed E-state index contributed by atoms with van der Waals surface area (Å²) < 4.78 is 23.3. The lowest BCUT2D eigenvalue weighted by molar-refractivity contribution is -0.678. The topological polar surface area (TPSA) is 72.0 Å². The van der Waals surface area contributed by atoms with Crippen molar-refractivity contribution in [2.75, 3.05) is 13.2 Å². The lowest BCUT2D eigenvalue weighted by Gasteiger charge is -2.21. The molecule has 0 amide bonds. The van der Waals surface area contributed by atoms with Crippen LogP contribution in [0.3, 0.4) is 0 Å². The summed E-state index contributed by atoms with van der Waals surface area (Å²) in [5.74, 6) is 0.313. The number of aryl methyl sites for hydroxylation is 2. The third kappa shape index (κ3) is 4.58. The Kier molecular flexibility index (Phi) is 6.63. The average Bonchev–Trinajstić information content (AvgIpc) is 3.28. The number of aliphatic hydroxyl groups excluding tert-OH is 1. The van der Waals surface area contributed by atoms with Crippen LogP contribution in [0.25, 0.3) is 21.5 Å². The van der Waals surface area contributed by atoms with Gasteiger partial charge in [-0.1, -0.05) is 6.07 Å². The number of hydrogen-bond donors (Lipinski definition) is 1. The molecule has 1 fully saturated rings. The number of benzene rings is 1. The van der Waals surface area contributed by atoms with Crippen molar-refractivity contribution in [1.29, 1.82) is 0 Å². The summed E-state index contributed by atoms with van der Waals surface area (Å²) in [5.41, 5.74) is 3.71. The molecule has 1 aliphatic heterocycles. The number of aliphatic hydroxyl groups is 1. The van der Waals surface area contributed by atoms with Crippen LogP contribution in [-0.2, 0) is 18.2 Å². The molecule has 4 aromatic rings. The molecule has 1 saturated heterocycles. The van der Waals surface area contributed by atoms with E-state index < -0.39 is 6.10 Å². The SMILES string of the molecule is Cc1c(C(O)c2ccc(F)c(-c3ncnc4cc(CCC5CCOCC5)sc34)c2)ncc[n+]1C. The van der Waals surface area contributed by atoms with Gasteiger partial charge in [-0.15, -0.1) is 11.3 Å². The van der Waals surface area contributed by atoms with Gasteiger partial charge in [-0.2, -0.15) is 0 Å². The Morgan fingerprint density at radius 1 is 1.21 bits per heavy atom. The van der Waals surface area contributed by atoms with E-state index in [9.17, 15) is 5.11 Å². The van der Waals surface area contributed by atoms with Crippen LogP contribution in [0, 0.1) is 18.7 Å². The Balaban J connectivity index is 1.47. The Hall–Kier alpha value is -2.81. The molecule has 0 spiro atoms. The minimum absolute atomic E-state index is 0.361. The molecule has 8 heteroatoms. The van der Waals surface area contributed by atoms with Crippen LogP contribution < -0.4 is 4.57 Å². The largest absolute Gasteiger partial charge is 0.382 e. The van der Waals surface area contributed by atoms with Crippen molar-refractivity contribution in [2.24, 2.45) is 13.0 Å². The second-order valence-electron chi connectivity index (χ2n) is 8.89. The fourth-order valence-electron chi connectivity index (χ4n) is 4.52. The third-order valence-corrected chi connectivity index (χ3v) is 7.92. The zero-order chi connectivity index (χ0) is 23.7. The van der Waals surface area contributed by atoms with E-state index in [-0.39, 0.29) is 5.82 Å². The summed E-state index contributed by atoms with van der Waals surface area (Å²) in [6, 6.07) is 6.76. The van der Waals surface area contributed by atoms with Gasteiger partial charge in [0, 0.05) is 30.6 Å². The van der Waals surface area contributed by atoms with E-state index in [0.717, 1.165) is 54.8 Å². The maximum Gasteiger partial charge on any atom is 0.202 e. The summed E-state index contributed by atoms with van der Waals surface area (Å²) in [4.78, 5) is 14.5. The molecule has 0 bridgehead atoms. The minimum Gasteiger partial charge on any atom is -0.382 e. The van der Waals surface area contributed by atoms with Gasteiger partial charge in [0.1, 0.15) is 31.0 Å². The van der Waals surface area contributed by atoms with Gasteiger partial charge in [-0.05, 0) is 55.4 Å². The second kappa shape index (κ2) is 9.82. The predicted molar refractivity (Wildman–Crippen MR) is 129 cm³/mol. The summed E-state index contributed by atoms with van der Waals surface area (Å²) >= 11 is 1.63. The van der Waals surface area contributed by atoms with E-state index in [1.807, 2.05) is 24.7 Å². The lowest BCUT2D eigenvalue weighted by atomic mass is 9.95. The van der Waals surface area contributed by atoms with Gasteiger partial charge in [0.15, 0.2) is 6.20 Å². The number of halogens is 1. The second-order valence-corrected chi connectivity index (χ2v) is 10.0. The van der Waals surface area contributed by atoms with Crippen LogP contribution >= 0.6 is 11.3 Å². The van der Waals surface area contributed by atoms with Crippen LogP contribution in [-0.4, -0.2) is 33.3 Å². The third-order valence-electron chi connectivity index (χ3n) is 6.73. The highest BCUT2D eigenvalue weighted by molar-refractivity contribution is 7.19. The first kappa shape index (κ1) is 23.0. The normalized spacial score (nSPS) is 15.6. The molecule has 1 N–H and O–H groups in total. The fourth-order valence-corrected chi connectivity index (χ4v) is 5.65. The Morgan fingerprint density at radius 3 is 2.85 bits per heavy atom. The van der Waals surface area contributed by atoms with E-state index >= 15 is 4.39 Å².